The van der Waals surface area contributed by atoms with Crippen molar-refractivity contribution < 1.29 is 9.47 Å². The van der Waals surface area contributed by atoms with Gasteiger partial charge in [0, 0.05) is 16.8 Å². The first-order valence-corrected chi connectivity index (χ1v) is 6.43. The zero-order chi connectivity index (χ0) is 13.5. The molecule has 0 heterocycles. The van der Waals surface area contributed by atoms with Gasteiger partial charge < -0.3 is 15.2 Å². The predicted octanol–water partition coefficient (Wildman–Crippen LogP) is 3.52. The van der Waals surface area contributed by atoms with Gasteiger partial charge in [0.2, 0.25) is 0 Å². The van der Waals surface area contributed by atoms with Crippen molar-refractivity contribution in [2.24, 2.45) is 0 Å². The number of hydrogen-bond donors (Lipinski definition) is 1. The molecule has 0 radical (unpaired) electrons. The third-order valence-corrected chi connectivity index (χ3v) is 2.94. The van der Waals surface area contributed by atoms with E-state index in [1.807, 2.05) is 42.5 Å². The summed E-state index contributed by atoms with van der Waals surface area (Å²) in [6.45, 7) is 1.47. The van der Waals surface area contributed by atoms with Crippen molar-refractivity contribution in [3.8, 4) is 5.75 Å². The summed E-state index contributed by atoms with van der Waals surface area (Å²) >= 11 is 6.03. The Kier molecular flexibility index (Phi) is 5.07. The van der Waals surface area contributed by atoms with E-state index in [0.29, 0.717) is 25.5 Å². The zero-order valence-electron chi connectivity index (χ0n) is 10.5. The van der Waals surface area contributed by atoms with E-state index < -0.39 is 0 Å². The number of nitrogen functional groups attached to an aromatic ring is 1. The van der Waals surface area contributed by atoms with Crippen LogP contribution in [0.15, 0.2) is 48.5 Å². The molecule has 2 aromatic rings. The van der Waals surface area contributed by atoms with Crippen LogP contribution in [0, 0.1) is 0 Å². The molecule has 0 fully saturated rings. The standard InChI is InChI=1S/C15H16ClNO2/c16-15-7-2-1-4-12(15)11-18-8-9-19-14-6-3-5-13(17)10-14/h1-7,10H,8-9,11,17H2. The summed E-state index contributed by atoms with van der Waals surface area (Å²) in [5.74, 6) is 0.751. The molecular weight excluding hydrogens is 262 g/mol. The van der Waals surface area contributed by atoms with Crippen LogP contribution >= 0.6 is 11.6 Å². The first kappa shape index (κ1) is 13.7. The minimum Gasteiger partial charge on any atom is -0.491 e. The molecule has 3 nitrogen and oxygen atoms in total. The van der Waals surface area contributed by atoms with Gasteiger partial charge in [0.25, 0.3) is 0 Å². The van der Waals surface area contributed by atoms with Gasteiger partial charge in [-0.15, -0.1) is 0 Å². The summed E-state index contributed by atoms with van der Waals surface area (Å²) in [4.78, 5) is 0. The second-order valence-corrected chi connectivity index (χ2v) is 4.47. The zero-order valence-corrected chi connectivity index (χ0v) is 11.3. The Bertz CT molecular complexity index is 531. The van der Waals surface area contributed by atoms with Gasteiger partial charge >= 0.3 is 0 Å². The third-order valence-electron chi connectivity index (χ3n) is 2.57. The summed E-state index contributed by atoms with van der Waals surface area (Å²) in [6.07, 6.45) is 0. The van der Waals surface area contributed by atoms with Crippen molar-refractivity contribution in [1.82, 2.24) is 0 Å². The number of anilines is 1. The Morgan fingerprint density at radius 2 is 1.84 bits per heavy atom. The van der Waals surface area contributed by atoms with Crippen molar-refractivity contribution in [2.75, 3.05) is 18.9 Å². The van der Waals surface area contributed by atoms with Gasteiger partial charge in [0.1, 0.15) is 12.4 Å². The van der Waals surface area contributed by atoms with Crippen LogP contribution in [0.3, 0.4) is 0 Å². The summed E-state index contributed by atoms with van der Waals surface area (Å²) in [6, 6.07) is 15.0. The normalized spacial score (nSPS) is 10.4. The average molecular weight is 278 g/mol. The number of benzene rings is 2. The molecule has 0 aliphatic carbocycles. The fourth-order valence-electron chi connectivity index (χ4n) is 1.62. The molecule has 0 atom stereocenters. The summed E-state index contributed by atoms with van der Waals surface area (Å²) in [7, 11) is 0. The predicted molar refractivity (Wildman–Crippen MR) is 77.5 cm³/mol. The molecule has 0 saturated heterocycles. The maximum absolute atomic E-state index is 6.03. The molecule has 0 saturated carbocycles. The van der Waals surface area contributed by atoms with Gasteiger partial charge in [-0.2, -0.15) is 0 Å². The Morgan fingerprint density at radius 1 is 1.00 bits per heavy atom. The molecular formula is C15H16ClNO2. The lowest BCUT2D eigenvalue weighted by Gasteiger charge is -2.08. The third kappa shape index (κ3) is 4.47. The van der Waals surface area contributed by atoms with E-state index in [-0.39, 0.29) is 0 Å². The van der Waals surface area contributed by atoms with Crippen LogP contribution in [-0.4, -0.2) is 13.2 Å². The summed E-state index contributed by atoms with van der Waals surface area (Å²) < 4.78 is 11.0. The molecule has 0 amide bonds. The van der Waals surface area contributed by atoms with E-state index in [0.717, 1.165) is 16.3 Å². The number of hydrogen-bond acceptors (Lipinski definition) is 3. The molecule has 0 unspecified atom stereocenters. The number of ether oxygens (including phenoxy) is 2. The molecule has 2 N–H and O–H groups in total. The number of halogens is 1. The highest BCUT2D eigenvalue weighted by Crippen LogP contribution is 2.16. The smallest absolute Gasteiger partial charge is 0.121 e. The molecule has 0 aromatic heterocycles. The van der Waals surface area contributed by atoms with E-state index in [4.69, 9.17) is 26.8 Å². The van der Waals surface area contributed by atoms with Crippen molar-refractivity contribution in [2.45, 2.75) is 6.61 Å². The molecule has 4 heteroatoms. The highest BCUT2D eigenvalue weighted by Gasteiger charge is 1.99. The summed E-state index contributed by atoms with van der Waals surface area (Å²) in [5.41, 5.74) is 7.32. The van der Waals surface area contributed by atoms with Crippen LogP contribution in [-0.2, 0) is 11.3 Å². The largest absolute Gasteiger partial charge is 0.491 e. The van der Waals surface area contributed by atoms with E-state index in [1.165, 1.54) is 0 Å². The van der Waals surface area contributed by atoms with Crippen LogP contribution < -0.4 is 10.5 Å². The first-order valence-electron chi connectivity index (χ1n) is 6.05. The van der Waals surface area contributed by atoms with Gasteiger partial charge in [-0.25, -0.2) is 0 Å². The van der Waals surface area contributed by atoms with Gasteiger partial charge in [-0.3, -0.25) is 0 Å². The van der Waals surface area contributed by atoms with Crippen molar-refractivity contribution in [3.05, 3.63) is 59.1 Å². The molecule has 0 aliphatic rings. The Labute approximate surface area is 117 Å². The Morgan fingerprint density at radius 3 is 2.63 bits per heavy atom. The fourth-order valence-corrected chi connectivity index (χ4v) is 1.81. The molecule has 0 spiro atoms. The van der Waals surface area contributed by atoms with Gasteiger partial charge in [-0.1, -0.05) is 35.9 Å². The van der Waals surface area contributed by atoms with E-state index in [2.05, 4.69) is 0 Å². The van der Waals surface area contributed by atoms with Crippen LogP contribution in [0.1, 0.15) is 5.56 Å². The van der Waals surface area contributed by atoms with Crippen molar-refractivity contribution in [1.29, 1.82) is 0 Å². The van der Waals surface area contributed by atoms with Gasteiger partial charge in [0.15, 0.2) is 0 Å². The molecule has 0 bridgehead atoms. The van der Waals surface area contributed by atoms with Crippen LogP contribution in [0.2, 0.25) is 5.02 Å². The Hall–Kier alpha value is -1.71. The SMILES string of the molecule is Nc1cccc(OCCOCc2ccccc2Cl)c1. The van der Waals surface area contributed by atoms with E-state index in [9.17, 15) is 0 Å². The van der Waals surface area contributed by atoms with Crippen LogP contribution in [0.5, 0.6) is 5.75 Å². The number of nitrogens with two attached hydrogens (primary N) is 1. The van der Waals surface area contributed by atoms with Crippen LogP contribution in [0.25, 0.3) is 0 Å². The second-order valence-electron chi connectivity index (χ2n) is 4.06. The average Bonchev–Trinajstić information content (AvgIpc) is 2.40. The molecule has 2 rings (SSSR count). The minimum atomic E-state index is 0.480. The first-order chi connectivity index (χ1) is 9.25. The second kappa shape index (κ2) is 7.02. The van der Waals surface area contributed by atoms with Crippen molar-refractivity contribution in [3.63, 3.8) is 0 Å². The maximum Gasteiger partial charge on any atom is 0.121 e. The highest BCUT2D eigenvalue weighted by atomic mass is 35.5. The molecule has 2 aromatic carbocycles. The van der Waals surface area contributed by atoms with Gasteiger partial charge in [0.05, 0.1) is 13.2 Å². The van der Waals surface area contributed by atoms with Gasteiger partial charge in [-0.05, 0) is 23.8 Å². The van der Waals surface area contributed by atoms with Crippen molar-refractivity contribution >= 4 is 17.3 Å². The lowest BCUT2D eigenvalue weighted by Crippen LogP contribution is -2.07. The summed E-state index contributed by atoms with van der Waals surface area (Å²) in [5, 5.41) is 0.722. The number of rotatable bonds is 6. The molecule has 100 valence electrons. The quantitative estimate of drug-likeness (QED) is 0.649. The maximum atomic E-state index is 6.03. The highest BCUT2D eigenvalue weighted by molar-refractivity contribution is 6.31. The topological polar surface area (TPSA) is 44.5 Å². The lowest BCUT2D eigenvalue weighted by molar-refractivity contribution is 0.0890. The minimum absolute atomic E-state index is 0.480. The Balaban J connectivity index is 1.69. The lowest BCUT2D eigenvalue weighted by atomic mass is 10.2. The van der Waals surface area contributed by atoms with Crippen LogP contribution in [0.4, 0.5) is 5.69 Å². The molecule has 19 heavy (non-hydrogen) atoms. The van der Waals surface area contributed by atoms with E-state index in [1.54, 1.807) is 6.07 Å². The monoisotopic (exact) mass is 277 g/mol. The fraction of sp³-hybridized carbons (Fsp3) is 0.200. The van der Waals surface area contributed by atoms with E-state index >= 15 is 0 Å². The molecule has 0 aliphatic heterocycles.